The third kappa shape index (κ3) is 4.22. The molecule has 2 aromatic heterocycles. The molecule has 0 spiro atoms. The first-order valence-electron chi connectivity index (χ1n) is 7.10. The van der Waals surface area contributed by atoms with Crippen molar-refractivity contribution in [1.82, 2.24) is 29.5 Å². The molecule has 0 aliphatic carbocycles. The summed E-state index contributed by atoms with van der Waals surface area (Å²) in [4.78, 5) is 3.90. The molecular weight excluding hydrogens is 353 g/mol. The molecule has 0 aliphatic heterocycles. The van der Waals surface area contributed by atoms with Crippen LogP contribution in [0.4, 0.5) is 5.69 Å². The van der Waals surface area contributed by atoms with E-state index in [-0.39, 0.29) is 19.6 Å². The first kappa shape index (κ1) is 16.7. The molecule has 2 heterocycles. The van der Waals surface area contributed by atoms with Crippen LogP contribution in [0, 0.1) is 0 Å². The minimum atomic E-state index is -1.15. The van der Waals surface area contributed by atoms with Crippen LogP contribution in [0.25, 0.3) is 0 Å². The Balaban J connectivity index is 1.74. The minimum absolute atomic E-state index is 0.250. The second kappa shape index (κ2) is 7.16. The highest BCUT2D eigenvalue weighted by atomic mass is 35.5. The summed E-state index contributed by atoms with van der Waals surface area (Å²) < 4.78 is 3.27. The molecule has 1 aromatic carbocycles. The molecule has 2 N–H and O–H groups in total. The highest BCUT2D eigenvalue weighted by Gasteiger charge is 2.29. The Morgan fingerprint density at radius 2 is 1.88 bits per heavy atom. The molecule has 1 atom stereocenters. The second-order valence-electron chi connectivity index (χ2n) is 5.43. The van der Waals surface area contributed by atoms with E-state index >= 15 is 0 Å². The molecule has 0 saturated heterocycles. The largest absolute Gasteiger partial charge is 0.384 e. The maximum atomic E-state index is 11.1. The van der Waals surface area contributed by atoms with Gasteiger partial charge in [0.25, 0.3) is 0 Å². The van der Waals surface area contributed by atoms with Gasteiger partial charge in [0, 0.05) is 12.2 Å². The van der Waals surface area contributed by atoms with Crippen molar-refractivity contribution in [2.45, 2.75) is 18.7 Å². The van der Waals surface area contributed by atoms with Gasteiger partial charge in [0.2, 0.25) is 0 Å². The number of nitrogens with one attached hydrogen (secondary N) is 1. The van der Waals surface area contributed by atoms with Crippen LogP contribution in [0.15, 0.2) is 43.5 Å². The van der Waals surface area contributed by atoms with Crippen LogP contribution >= 0.6 is 23.2 Å². The van der Waals surface area contributed by atoms with Crippen molar-refractivity contribution in [2.75, 3.05) is 11.9 Å². The molecule has 0 amide bonds. The van der Waals surface area contributed by atoms with Crippen LogP contribution < -0.4 is 5.32 Å². The summed E-state index contributed by atoms with van der Waals surface area (Å²) in [5, 5.41) is 26.7. The third-order valence-corrected chi connectivity index (χ3v) is 4.15. The van der Waals surface area contributed by atoms with Crippen molar-refractivity contribution in [1.29, 1.82) is 0 Å². The smallest absolute Gasteiger partial charge is 0.137 e. The van der Waals surface area contributed by atoms with E-state index in [0.29, 0.717) is 10.0 Å². The summed E-state index contributed by atoms with van der Waals surface area (Å²) in [7, 11) is 0. The summed E-state index contributed by atoms with van der Waals surface area (Å²) in [6.45, 7) is 0.788. The Bertz CT molecular complexity index is 740. The predicted molar refractivity (Wildman–Crippen MR) is 89.9 cm³/mol. The first-order chi connectivity index (χ1) is 11.5. The lowest BCUT2D eigenvalue weighted by molar-refractivity contribution is 0.0152. The van der Waals surface area contributed by atoms with Gasteiger partial charge < -0.3 is 15.0 Å². The lowest BCUT2D eigenvalue weighted by Gasteiger charge is -2.29. The van der Waals surface area contributed by atoms with E-state index in [1.54, 1.807) is 46.4 Å². The minimum Gasteiger partial charge on any atom is -0.384 e. The molecular formula is C14H15Cl2N7O. The fourth-order valence-electron chi connectivity index (χ4n) is 2.29. The van der Waals surface area contributed by atoms with Crippen molar-refractivity contribution in [3.8, 4) is 0 Å². The highest BCUT2D eigenvalue weighted by Crippen LogP contribution is 2.25. The van der Waals surface area contributed by atoms with Gasteiger partial charge in [-0.3, -0.25) is 0 Å². The van der Waals surface area contributed by atoms with Crippen LogP contribution in [0.5, 0.6) is 0 Å². The molecule has 126 valence electrons. The van der Waals surface area contributed by atoms with Crippen molar-refractivity contribution in [3.05, 3.63) is 53.6 Å². The number of nitrogens with zero attached hydrogens (tertiary/aromatic N) is 6. The standard InChI is InChI=1S/C14H15Cl2N7O/c15-12-2-1-11(3-13(12)16)18-4-14(24,5-22-9-19-20-10-22)6-23-8-17-7-21-23/h1-3,7-10,18,24H,4-6H2. The molecule has 8 nitrogen and oxygen atoms in total. The van der Waals surface area contributed by atoms with E-state index in [1.807, 2.05) is 0 Å². The highest BCUT2D eigenvalue weighted by molar-refractivity contribution is 6.42. The van der Waals surface area contributed by atoms with Crippen LogP contribution in [-0.2, 0) is 13.1 Å². The number of hydrogen-bond donors (Lipinski definition) is 2. The molecule has 10 heteroatoms. The Hall–Kier alpha value is -2.16. The Morgan fingerprint density at radius 3 is 2.54 bits per heavy atom. The van der Waals surface area contributed by atoms with Crippen LogP contribution in [-0.4, -0.2) is 46.8 Å². The van der Waals surface area contributed by atoms with Crippen molar-refractivity contribution >= 4 is 28.9 Å². The van der Waals surface area contributed by atoms with E-state index in [9.17, 15) is 5.11 Å². The second-order valence-corrected chi connectivity index (χ2v) is 6.25. The van der Waals surface area contributed by atoms with Gasteiger partial charge >= 0.3 is 0 Å². The Morgan fingerprint density at radius 1 is 1.08 bits per heavy atom. The third-order valence-electron chi connectivity index (χ3n) is 3.41. The van der Waals surface area contributed by atoms with Gasteiger partial charge in [0.1, 0.15) is 30.9 Å². The van der Waals surface area contributed by atoms with Gasteiger partial charge in [-0.1, -0.05) is 23.2 Å². The zero-order valence-electron chi connectivity index (χ0n) is 12.5. The van der Waals surface area contributed by atoms with Gasteiger partial charge in [0.15, 0.2) is 0 Å². The fraction of sp³-hybridized carbons (Fsp3) is 0.286. The molecule has 1 unspecified atom stereocenters. The molecule has 0 bridgehead atoms. The zero-order valence-corrected chi connectivity index (χ0v) is 14.1. The van der Waals surface area contributed by atoms with Crippen molar-refractivity contribution < 1.29 is 5.11 Å². The maximum absolute atomic E-state index is 11.1. The molecule has 3 rings (SSSR count). The lowest BCUT2D eigenvalue weighted by Crippen LogP contribution is -2.45. The fourth-order valence-corrected chi connectivity index (χ4v) is 2.59. The normalized spacial score (nSPS) is 13.6. The average Bonchev–Trinajstić information content (AvgIpc) is 3.22. The van der Waals surface area contributed by atoms with Gasteiger partial charge in [-0.2, -0.15) is 5.10 Å². The van der Waals surface area contributed by atoms with Crippen LogP contribution in [0.3, 0.4) is 0 Å². The zero-order chi connectivity index (χ0) is 17.0. The molecule has 0 aliphatic rings. The monoisotopic (exact) mass is 367 g/mol. The number of rotatable bonds is 7. The number of benzene rings is 1. The summed E-state index contributed by atoms with van der Waals surface area (Å²) >= 11 is 11.9. The van der Waals surface area contributed by atoms with Gasteiger partial charge in [-0.05, 0) is 18.2 Å². The van der Waals surface area contributed by atoms with Crippen LogP contribution in [0.2, 0.25) is 10.0 Å². The molecule has 3 aromatic rings. The maximum Gasteiger partial charge on any atom is 0.137 e. The van der Waals surface area contributed by atoms with Gasteiger partial charge in [-0.15, -0.1) is 10.2 Å². The van der Waals surface area contributed by atoms with E-state index in [2.05, 4.69) is 25.6 Å². The van der Waals surface area contributed by atoms with Gasteiger partial charge in [0.05, 0.1) is 23.1 Å². The summed E-state index contributed by atoms with van der Waals surface area (Å²) in [5.74, 6) is 0. The van der Waals surface area contributed by atoms with Gasteiger partial charge in [-0.25, -0.2) is 9.67 Å². The number of anilines is 1. The quantitative estimate of drug-likeness (QED) is 0.660. The van der Waals surface area contributed by atoms with E-state index in [4.69, 9.17) is 23.2 Å². The Labute approximate surface area is 148 Å². The molecule has 0 saturated carbocycles. The van der Waals surface area contributed by atoms with Crippen molar-refractivity contribution in [2.24, 2.45) is 0 Å². The number of aromatic nitrogens is 6. The van der Waals surface area contributed by atoms with E-state index in [0.717, 1.165) is 5.69 Å². The number of hydrogen-bond acceptors (Lipinski definition) is 6. The number of halogens is 2. The van der Waals surface area contributed by atoms with Crippen LogP contribution in [0.1, 0.15) is 0 Å². The average molecular weight is 368 g/mol. The topological polar surface area (TPSA) is 93.7 Å². The molecule has 0 fully saturated rings. The van der Waals surface area contributed by atoms with E-state index < -0.39 is 5.60 Å². The number of aliphatic hydroxyl groups is 1. The predicted octanol–water partition coefficient (Wildman–Crippen LogP) is 1.72. The SMILES string of the molecule is OC(CNc1ccc(Cl)c(Cl)c1)(Cn1cnnc1)Cn1cncn1. The summed E-state index contributed by atoms with van der Waals surface area (Å²) in [6, 6.07) is 5.20. The lowest BCUT2D eigenvalue weighted by atomic mass is 10.0. The first-order valence-corrected chi connectivity index (χ1v) is 7.86. The summed E-state index contributed by atoms with van der Waals surface area (Å²) in [5.41, 5.74) is -0.396. The Kier molecular flexibility index (Phi) is 4.98. The summed E-state index contributed by atoms with van der Waals surface area (Å²) in [6.07, 6.45) is 6.07. The van der Waals surface area contributed by atoms with Crippen molar-refractivity contribution in [3.63, 3.8) is 0 Å². The molecule has 0 radical (unpaired) electrons. The molecule has 24 heavy (non-hydrogen) atoms. The van der Waals surface area contributed by atoms with E-state index in [1.165, 1.54) is 6.33 Å².